The van der Waals surface area contributed by atoms with E-state index in [2.05, 4.69) is 4.90 Å². The molecule has 1 aliphatic carbocycles. The van der Waals surface area contributed by atoms with Gasteiger partial charge in [0.25, 0.3) is 0 Å². The molecule has 4 nitrogen and oxygen atoms in total. The molecule has 0 spiro atoms. The third-order valence-electron chi connectivity index (χ3n) is 8.17. The van der Waals surface area contributed by atoms with E-state index in [1.165, 1.54) is 13.0 Å². The van der Waals surface area contributed by atoms with Gasteiger partial charge in [-0.3, -0.25) is 4.79 Å². The molecule has 2 heterocycles. The Bertz CT molecular complexity index is 1340. The molecule has 222 valence electrons. The fraction of sp³-hybridized carbons (Fsp3) is 0.483. The Balaban J connectivity index is 1.50. The summed E-state index contributed by atoms with van der Waals surface area (Å²) in [4.78, 5) is 14.0. The summed E-state index contributed by atoms with van der Waals surface area (Å²) in [5, 5.41) is 0. The number of alkyl halides is 6. The normalized spacial score (nSPS) is 25.9. The Morgan fingerprint density at radius 3 is 2.24 bits per heavy atom. The van der Waals surface area contributed by atoms with Crippen LogP contribution < -0.4 is 0 Å². The zero-order valence-electron chi connectivity index (χ0n) is 22.1. The van der Waals surface area contributed by atoms with Crippen LogP contribution in [-0.2, 0) is 26.6 Å². The third-order valence-corrected chi connectivity index (χ3v) is 8.99. The number of hydrogen-bond donors (Lipinski definition) is 0. The predicted octanol–water partition coefficient (Wildman–Crippen LogP) is 7.79. The lowest BCUT2D eigenvalue weighted by molar-refractivity contribution is -0.217. The van der Waals surface area contributed by atoms with Crippen LogP contribution in [0.5, 0.6) is 0 Å². The molecule has 2 aliphatic heterocycles. The van der Waals surface area contributed by atoms with Crippen LogP contribution in [0.1, 0.15) is 59.6 Å². The highest BCUT2D eigenvalue weighted by molar-refractivity contribution is 14.1. The first kappa shape index (κ1) is 30.3. The predicted molar refractivity (Wildman–Crippen MR) is 143 cm³/mol. The van der Waals surface area contributed by atoms with Crippen LogP contribution in [-0.4, -0.2) is 36.7 Å². The molecular weight excluding hydrogens is 670 g/mol. The number of carbonyl (C=O) groups excluding carboxylic acids is 1. The summed E-state index contributed by atoms with van der Waals surface area (Å²) in [7, 11) is 0. The number of nitrogens with zero attached hydrogens (tertiary/aromatic N) is 1. The van der Waals surface area contributed by atoms with Crippen molar-refractivity contribution in [3.8, 4) is 0 Å². The van der Waals surface area contributed by atoms with Gasteiger partial charge in [-0.25, -0.2) is 4.39 Å². The summed E-state index contributed by atoms with van der Waals surface area (Å²) in [6.07, 6.45) is -9.47. The highest BCUT2D eigenvalue weighted by Gasteiger charge is 2.48. The Morgan fingerprint density at radius 2 is 1.66 bits per heavy atom. The maximum absolute atomic E-state index is 14.4. The molecule has 3 aliphatic rings. The minimum Gasteiger partial charge on any atom is -0.374 e. The Hall–Kier alpha value is -2.19. The lowest BCUT2D eigenvalue weighted by atomic mass is 9.76. The first-order valence-corrected chi connectivity index (χ1v) is 14.2. The number of ketones is 1. The second-order valence-corrected chi connectivity index (χ2v) is 12.1. The summed E-state index contributed by atoms with van der Waals surface area (Å²) in [5.74, 6) is -0.886. The van der Waals surface area contributed by atoms with Crippen LogP contribution in [0.25, 0.3) is 0 Å². The van der Waals surface area contributed by atoms with Crippen LogP contribution in [0.4, 0.5) is 30.7 Å². The summed E-state index contributed by atoms with van der Waals surface area (Å²) >= 11 is 1.88. The van der Waals surface area contributed by atoms with Crippen molar-refractivity contribution in [2.45, 2.75) is 57.4 Å². The molecule has 41 heavy (non-hydrogen) atoms. The standard InChI is InChI=1S/C29H27F7INO3/c1-14-5-24(30)25(37)10-22(14)26-23-12-38(20-3-4-21(39)9-20)11-17(23)13-40-27(26)41-15(2)16-6-18(28(31,32)33)8-19(7-16)29(34,35)36/h5-10,15,17,23,26-27H,3-4,11-13H2,1-2H3/t15-,17+,23-,26+,27-/m1/s1. The molecular formula is C29H27F7INO3. The van der Waals surface area contributed by atoms with Crippen LogP contribution in [0.15, 0.2) is 42.1 Å². The van der Waals surface area contributed by atoms with Crippen molar-refractivity contribution in [1.29, 1.82) is 0 Å². The minimum atomic E-state index is -4.99. The van der Waals surface area contributed by atoms with E-state index in [0.29, 0.717) is 47.2 Å². The summed E-state index contributed by atoms with van der Waals surface area (Å²) < 4.78 is 108. The van der Waals surface area contributed by atoms with Crippen molar-refractivity contribution in [3.05, 3.63) is 79.3 Å². The molecule has 5 rings (SSSR count). The van der Waals surface area contributed by atoms with E-state index < -0.39 is 47.6 Å². The molecule has 5 atom stereocenters. The van der Waals surface area contributed by atoms with E-state index >= 15 is 0 Å². The number of rotatable bonds is 5. The number of fused-ring (bicyclic) bond motifs is 1. The lowest BCUT2D eigenvalue weighted by Gasteiger charge is -2.41. The van der Waals surface area contributed by atoms with Gasteiger partial charge in [0.05, 0.1) is 23.8 Å². The zero-order chi connectivity index (χ0) is 29.9. The van der Waals surface area contributed by atoms with E-state index in [-0.39, 0.29) is 35.9 Å². The van der Waals surface area contributed by atoms with Gasteiger partial charge >= 0.3 is 12.4 Å². The third kappa shape index (κ3) is 6.29. The number of allylic oxidation sites excluding steroid dienone is 2. The summed E-state index contributed by atoms with van der Waals surface area (Å²) in [6.45, 7) is 4.57. The average molecular weight is 697 g/mol. The second kappa shape index (κ2) is 11.1. The van der Waals surface area contributed by atoms with Gasteiger partial charge in [0.15, 0.2) is 12.1 Å². The molecule has 0 unspecified atom stereocenters. The highest BCUT2D eigenvalue weighted by Crippen LogP contribution is 2.47. The van der Waals surface area contributed by atoms with Crippen molar-refractivity contribution in [3.63, 3.8) is 0 Å². The quantitative estimate of drug-likeness (QED) is 0.237. The maximum atomic E-state index is 14.4. The van der Waals surface area contributed by atoms with Gasteiger partial charge in [-0.15, -0.1) is 0 Å². The van der Waals surface area contributed by atoms with Crippen LogP contribution in [0, 0.1) is 28.1 Å². The second-order valence-electron chi connectivity index (χ2n) is 10.9. The molecule has 0 saturated carbocycles. The van der Waals surface area contributed by atoms with E-state index in [4.69, 9.17) is 9.47 Å². The van der Waals surface area contributed by atoms with E-state index in [9.17, 15) is 35.5 Å². The lowest BCUT2D eigenvalue weighted by Crippen LogP contribution is -2.42. The number of benzene rings is 2. The van der Waals surface area contributed by atoms with Gasteiger partial charge in [-0.2, -0.15) is 26.3 Å². The molecule has 0 amide bonds. The van der Waals surface area contributed by atoms with Crippen molar-refractivity contribution < 1.29 is 45.0 Å². The molecule has 0 N–H and O–H groups in total. The van der Waals surface area contributed by atoms with Gasteiger partial charge in [0.1, 0.15) is 5.82 Å². The molecule has 0 bridgehead atoms. The number of halogens is 8. The van der Waals surface area contributed by atoms with Crippen molar-refractivity contribution in [2.24, 2.45) is 11.8 Å². The number of aryl methyl sites for hydroxylation is 1. The van der Waals surface area contributed by atoms with E-state index in [1.807, 2.05) is 22.6 Å². The monoisotopic (exact) mass is 697 g/mol. The fourth-order valence-corrected chi connectivity index (χ4v) is 6.58. The average Bonchev–Trinajstić information content (AvgIpc) is 3.51. The Labute approximate surface area is 246 Å². The van der Waals surface area contributed by atoms with Crippen molar-refractivity contribution in [1.82, 2.24) is 4.90 Å². The first-order valence-electron chi connectivity index (χ1n) is 13.1. The molecule has 2 fully saturated rings. The molecule has 2 aromatic rings. The largest absolute Gasteiger partial charge is 0.416 e. The number of likely N-dealkylation sites (tertiary alicyclic amines) is 1. The maximum Gasteiger partial charge on any atom is 0.416 e. The number of carbonyl (C=O) groups is 1. The number of ether oxygens (including phenoxy) is 2. The van der Waals surface area contributed by atoms with Gasteiger partial charge in [-0.05, 0) is 95.8 Å². The first-order chi connectivity index (χ1) is 19.1. The SMILES string of the molecule is Cc1cc(F)c(I)cc1[C@@H]1[C@@H](O[C@H](C)c2cc(C(F)(F)F)cc(C(F)(F)F)c2)OC[C@@H]2CN(C3=CC(=O)CC3)C[C@H]21. The molecule has 2 saturated heterocycles. The molecule has 0 radical (unpaired) electrons. The van der Waals surface area contributed by atoms with Crippen molar-refractivity contribution >= 4 is 28.4 Å². The molecule has 12 heteroatoms. The molecule has 2 aromatic carbocycles. The Kier molecular flexibility index (Phi) is 8.23. The minimum absolute atomic E-state index is 0.0271. The number of hydrogen-bond acceptors (Lipinski definition) is 4. The van der Waals surface area contributed by atoms with E-state index in [0.717, 1.165) is 11.3 Å². The topological polar surface area (TPSA) is 38.8 Å². The smallest absolute Gasteiger partial charge is 0.374 e. The van der Waals surface area contributed by atoms with Gasteiger partial charge in [0, 0.05) is 46.7 Å². The Morgan fingerprint density at radius 1 is 1.00 bits per heavy atom. The van der Waals surface area contributed by atoms with Crippen molar-refractivity contribution in [2.75, 3.05) is 19.7 Å². The fourth-order valence-electron chi connectivity index (χ4n) is 6.08. The van der Waals surface area contributed by atoms with Crippen LogP contribution in [0.2, 0.25) is 0 Å². The van der Waals surface area contributed by atoms with Gasteiger partial charge in [0.2, 0.25) is 0 Å². The summed E-state index contributed by atoms with van der Waals surface area (Å²) in [5.41, 5.74) is -0.832. The van der Waals surface area contributed by atoms with Crippen LogP contribution >= 0.6 is 22.6 Å². The zero-order valence-corrected chi connectivity index (χ0v) is 24.2. The van der Waals surface area contributed by atoms with Crippen LogP contribution in [0.3, 0.4) is 0 Å². The van der Waals surface area contributed by atoms with Gasteiger partial charge < -0.3 is 14.4 Å². The summed E-state index contributed by atoms with van der Waals surface area (Å²) in [6, 6.07) is 4.49. The van der Waals surface area contributed by atoms with E-state index in [1.54, 1.807) is 19.1 Å². The van der Waals surface area contributed by atoms with Gasteiger partial charge in [-0.1, -0.05) is 0 Å². The highest BCUT2D eigenvalue weighted by atomic mass is 127. The molecule has 0 aromatic heterocycles.